The molecule has 1 aliphatic heterocycles. The van der Waals surface area contributed by atoms with Crippen LogP contribution in [-0.2, 0) is 4.79 Å². The van der Waals surface area contributed by atoms with E-state index in [9.17, 15) is 14.7 Å². The molecular weight excluding hydrogens is 336 g/mol. The maximum absolute atomic E-state index is 12.8. The third-order valence-electron chi connectivity index (χ3n) is 3.95. The number of amides is 1. The van der Waals surface area contributed by atoms with E-state index < -0.39 is 11.9 Å². The number of hydrogen-bond acceptors (Lipinski definition) is 5. The number of phenols is 1. The minimum absolute atomic E-state index is 0.0611. The maximum atomic E-state index is 12.8. The molecule has 7 heteroatoms. The Hall–Kier alpha value is -3.61. The third-order valence-corrected chi connectivity index (χ3v) is 3.95. The Morgan fingerprint density at radius 2 is 1.96 bits per heavy atom. The van der Waals surface area contributed by atoms with Crippen molar-refractivity contribution in [2.75, 3.05) is 12.1 Å². The van der Waals surface area contributed by atoms with Crippen LogP contribution in [0.2, 0.25) is 0 Å². The largest absolute Gasteiger partial charge is 0.504 e. The maximum Gasteiger partial charge on any atom is 0.335 e. The first-order valence-corrected chi connectivity index (χ1v) is 7.73. The van der Waals surface area contributed by atoms with E-state index in [2.05, 4.69) is 5.10 Å². The monoisotopic (exact) mass is 352 g/mol. The fourth-order valence-corrected chi connectivity index (χ4v) is 2.61. The molecule has 2 aromatic carbocycles. The lowest BCUT2D eigenvalue weighted by Gasteiger charge is -2.12. The molecule has 2 N–H and O–H groups in total. The summed E-state index contributed by atoms with van der Waals surface area (Å²) in [5, 5.41) is 24.7. The number of carbonyl (C=O) groups is 2. The normalized spacial score (nSPS) is 15.3. The number of hydrogen-bond donors (Lipinski definition) is 2. The van der Waals surface area contributed by atoms with Crippen LogP contribution < -0.4 is 9.75 Å². The topological polar surface area (TPSA) is 99.4 Å². The van der Waals surface area contributed by atoms with Crippen LogP contribution in [0.15, 0.2) is 53.1 Å². The van der Waals surface area contributed by atoms with Gasteiger partial charge in [-0.05, 0) is 37.3 Å². The van der Waals surface area contributed by atoms with Gasteiger partial charge in [0.15, 0.2) is 11.5 Å². The molecule has 1 heterocycles. The fourth-order valence-electron chi connectivity index (χ4n) is 2.61. The summed E-state index contributed by atoms with van der Waals surface area (Å²) in [7, 11) is 1.44. The molecule has 0 bridgehead atoms. The van der Waals surface area contributed by atoms with Crippen LogP contribution in [0.4, 0.5) is 5.69 Å². The number of aromatic carboxylic acids is 1. The summed E-state index contributed by atoms with van der Waals surface area (Å²) in [5.41, 5.74) is 1.59. The number of nitrogens with zero attached hydrogens (tertiary/aromatic N) is 2. The number of carboxylic acid groups (broad SMARTS) is 1. The van der Waals surface area contributed by atoms with E-state index in [0.717, 1.165) is 5.01 Å². The van der Waals surface area contributed by atoms with Crippen molar-refractivity contribution in [2.45, 2.75) is 6.92 Å². The highest BCUT2D eigenvalue weighted by Gasteiger charge is 2.29. The van der Waals surface area contributed by atoms with E-state index in [4.69, 9.17) is 9.84 Å². The number of carbonyl (C=O) groups excluding carboxylic acids is 1. The summed E-state index contributed by atoms with van der Waals surface area (Å²) in [4.78, 5) is 23.9. The second-order valence-corrected chi connectivity index (χ2v) is 5.61. The molecule has 1 amide bonds. The lowest BCUT2D eigenvalue weighted by Crippen LogP contribution is -2.21. The van der Waals surface area contributed by atoms with Crippen molar-refractivity contribution < 1.29 is 24.5 Å². The number of rotatable bonds is 4. The first-order valence-electron chi connectivity index (χ1n) is 7.73. The van der Waals surface area contributed by atoms with Gasteiger partial charge in [-0.25, -0.2) is 4.79 Å². The molecule has 0 radical (unpaired) electrons. The molecule has 0 saturated heterocycles. The smallest absolute Gasteiger partial charge is 0.335 e. The van der Waals surface area contributed by atoms with Gasteiger partial charge in [0, 0.05) is 5.56 Å². The minimum Gasteiger partial charge on any atom is -0.504 e. The first-order chi connectivity index (χ1) is 12.4. The molecule has 3 rings (SSSR count). The van der Waals surface area contributed by atoms with Gasteiger partial charge in [0.2, 0.25) is 0 Å². The molecule has 0 unspecified atom stereocenters. The molecule has 2 aromatic rings. The van der Waals surface area contributed by atoms with Crippen LogP contribution in [0.3, 0.4) is 0 Å². The van der Waals surface area contributed by atoms with E-state index in [1.807, 2.05) is 0 Å². The Bertz CT molecular complexity index is 962. The molecule has 0 fully saturated rings. The molecule has 132 valence electrons. The molecule has 0 aromatic heterocycles. The lowest BCUT2D eigenvalue weighted by atomic mass is 10.1. The SMILES string of the molecule is COc1cccc(/C=C2/C(=O)N(c3cccc(C(=O)O)c3)N=C2C)c1O. The quantitative estimate of drug-likeness (QED) is 0.824. The second kappa shape index (κ2) is 6.72. The zero-order valence-electron chi connectivity index (χ0n) is 14.1. The molecule has 0 saturated carbocycles. The van der Waals surface area contributed by atoms with Crippen molar-refractivity contribution in [1.82, 2.24) is 0 Å². The standard InChI is InChI=1S/C19H16N2O5/c1-11-15(10-12-5-4-8-16(26-2)17(12)22)18(23)21(20-11)14-7-3-6-13(9-14)19(24)25/h3-10,22H,1-2H3,(H,24,25)/b15-10+. The summed E-state index contributed by atoms with van der Waals surface area (Å²) in [5.74, 6) is -1.27. The van der Waals surface area contributed by atoms with Crippen molar-refractivity contribution in [3.63, 3.8) is 0 Å². The molecule has 0 spiro atoms. The summed E-state index contributed by atoms with van der Waals surface area (Å²) < 4.78 is 5.07. The number of hydrazone groups is 1. The van der Waals surface area contributed by atoms with Crippen LogP contribution >= 0.6 is 0 Å². The van der Waals surface area contributed by atoms with E-state index in [1.165, 1.54) is 25.3 Å². The van der Waals surface area contributed by atoms with Crippen LogP contribution in [0.5, 0.6) is 11.5 Å². The second-order valence-electron chi connectivity index (χ2n) is 5.61. The van der Waals surface area contributed by atoms with E-state index in [-0.39, 0.29) is 11.3 Å². The van der Waals surface area contributed by atoms with Gasteiger partial charge in [0.05, 0.1) is 29.6 Å². The zero-order valence-corrected chi connectivity index (χ0v) is 14.1. The highest BCUT2D eigenvalue weighted by Crippen LogP contribution is 2.32. The van der Waals surface area contributed by atoms with E-state index >= 15 is 0 Å². The lowest BCUT2D eigenvalue weighted by molar-refractivity contribution is -0.114. The molecule has 7 nitrogen and oxygen atoms in total. The Balaban J connectivity index is 1.99. The van der Waals surface area contributed by atoms with Crippen molar-refractivity contribution in [3.05, 3.63) is 59.2 Å². The number of carboxylic acids is 1. The summed E-state index contributed by atoms with van der Waals surface area (Å²) in [6.07, 6.45) is 1.53. The van der Waals surface area contributed by atoms with Gasteiger partial charge >= 0.3 is 5.97 Å². The summed E-state index contributed by atoms with van der Waals surface area (Å²) in [6.45, 7) is 1.67. The molecule has 1 aliphatic rings. The molecule has 0 aliphatic carbocycles. The Labute approximate surface area is 149 Å². The molecule has 0 atom stereocenters. The van der Waals surface area contributed by atoms with E-state index in [0.29, 0.717) is 28.3 Å². The fraction of sp³-hybridized carbons (Fsp3) is 0.105. The number of anilines is 1. The van der Waals surface area contributed by atoms with Crippen molar-refractivity contribution in [3.8, 4) is 11.5 Å². The van der Waals surface area contributed by atoms with Crippen molar-refractivity contribution in [2.24, 2.45) is 5.10 Å². The van der Waals surface area contributed by atoms with E-state index in [1.54, 1.807) is 37.3 Å². The highest BCUT2D eigenvalue weighted by molar-refractivity contribution is 6.32. The average Bonchev–Trinajstić information content (AvgIpc) is 2.91. The summed E-state index contributed by atoms with van der Waals surface area (Å²) in [6, 6.07) is 10.9. The number of benzene rings is 2. The van der Waals surface area contributed by atoms with Crippen molar-refractivity contribution >= 4 is 29.4 Å². The summed E-state index contributed by atoms with van der Waals surface area (Å²) >= 11 is 0. The first kappa shape index (κ1) is 17.2. The van der Waals surface area contributed by atoms with Gasteiger partial charge in [0.25, 0.3) is 5.91 Å². The van der Waals surface area contributed by atoms with Gasteiger partial charge in [-0.2, -0.15) is 10.1 Å². The van der Waals surface area contributed by atoms with Gasteiger partial charge in [-0.3, -0.25) is 4.79 Å². The average molecular weight is 352 g/mol. The Morgan fingerprint density at radius 3 is 2.65 bits per heavy atom. The van der Waals surface area contributed by atoms with Crippen LogP contribution in [0, 0.1) is 0 Å². The number of phenolic OH excluding ortho intramolecular Hbond substituents is 1. The predicted octanol–water partition coefficient (Wildman–Crippen LogP) is 2.91. The molecular formula is C19H16N2O5. The van der Waals surface area contributed by atoms with Crippen molar-refractivity contribution in [1.29, 1.82) is 0 Å². The number of methoxy groups -OCH3 is 1. The third kappa shape index (κ3) is 3.02. The number of para-hydroxylation sites is 1. The number of ether oxygens (including phenoxy) is 1. The van der Waals surface area contributed by atoms with Gasteiger partial charge in [-0.1, -0.05) is 18.2 Å². The zero-order chi connectivity index (χ0) is 18.8. The number of aromatic hydroxyl groups is 1. The van der Waals surface area contributed by atoms with Crippen LogP contribution in [0.1, 0.15) is 22.8 Å². The minimum atomic E-state index is -1.09. The highest BCUT2D eigenvalue weighted by atomic mass is 16.5. The predicted molar refractivity (Wildman–Crippen MR) is 96.6 cm³/mol. The Kier molecular flexibility index (Phi) is 4.45. The van der Waals surface area contributed by atoms with Crippen LogP contribution in [-0.4, -0.2) is 34.9 Å². The van der Waals surface area contributed by atoms with Gasteiger partial charge < -0.3 is 14.9 Å². The van der Waals surface area contributed by atoms with Gasteiger partial charge in [-0.15, -0.1) is 0 Å². The Morgan fingerprint density at radius 1 is 1.23 bits per heavy atom. The van der Waals surface area contributed by atoms with Gasteiger partial charge in [0.1, 0.15) is 0 Å². The van der Waals surface area contributed by atoms with Crippen LogP contribution in [0.25, 0.3) is 6.08 Å². The molecule has 26 heavy (non-hydrogen) atoms.